The molecule has 100 valence electrons. The van der Waals surface area contributed by atoms with Crippen LogP contribution in [0.25, 0.3) is 0 Å². The van der Waals surface area contributed by atoms with E-state index >= 15 is 0 Å². The molecule has 0 bridgehead atoms. The number of aryl methyl sites for hydroxylation is 1. The number of halogens is 2. The van der Waals surface area contributed by atoms with E-state index in [9.17, 15) is 8.42 Å². The minimum atomic E-state index is -3.70. The van der Waals surface area contributed by atoms with Crippen LogP contribution in [0.2, 0.25) is 0 Å². The van der Waals surface area contributed by atoms with Crippen molar-refractivity contribution in [3.63, 3.8) is 0 Å². The molecule has 0 radical (unpaired) electrons. The second-order valence-electron chi connectivity index (χ2n) is 3.92. The van der Waals surface area contributed by atoms with E-state index in [1.165, 1.54) is 12.1 Å². The van der Waals surface area contributed by atoms with Gasteiger partial charge in [-0.25, -0.2) is 8.42 Å². The van der Waals surface area contributed by atoms with E-state index in [4.69, 9.17) is 15.4 Å². The van der Waals surface area contributed by atoms with E-state index in [2.05, 4.69) is 15.9 Å². The Morgan fingerprint density at radius 1 is 1.11 bits per heavy atom. The van der Waals surface area contributed by atoms with Gasteiger partial charge in [-0.15, -0.1) is 0 Å². The number of hydrogen-bond acceptors (Lipinski definition) is 3. The van der Waals surface area contributed by atoms with Gasteiger partial charge in [-0.2, -0.15) is 0 Å². The summed E-state index contributed by atoms with van der Waals surface area (Å²) in [6.07, 6.45) is 0. The molecular weight excluding hydrogens is 352 g/mol. The van der Waals surface area contributed by atoms with Gasteiger partial charge in [0.05, 0.1) is 4.90 Å². The molecule has 0 aliphatic rings. The maximum absolute atomic E-state index is 11.1. The Kier molecular flexibility index (Phi) is 4.18. The van der Waals surface area contributed by atoms with Gasteiger partial charge in [-0.3, -0.25) is 0 Å². The van der Waals surface area contributed by atoms with Gasteiger partial charge in [0.25, 0.3) is 9.05 Å². The molecular formula is C13H10BrClO3S. The van der Waals surface area contributed by atoms with E-state index < -0.39 is 9.05 Å². The molecule has 0 aliphatic carbocycles. The normalized spacial score (nSPS) is 11.3. The van der Waals surface area contributed by atoms with Crippen LogP contribution in [-0.4, -0.2) is 8.42 Å². The maximum atomic E-state index is 11.1. The highest BCUT2D eigenvalue weighted by Gasteiger charge is 2.10. The van der Waals surface area contributed by atoms with Crippen LogP contribution in [0.5, 0.6) is 11.5 Å². The van der Waals surface area contributed by atoms with Crippen molar-refractivity contribution in [2.75, 3.05) is 0 Å². The molecule has 0 aliphatic heterocycles. The molecule has 0 heterocycles. The maximum Gasteiger partial charge on any atom is 0.261 e. The number of ether oxygens (including phenoxy) is 1. The summed E-state index contributed by atoms with van der Waals surface area (Å²) in [6.45, 7) is 1.93. The van der Waals surface area contributed by atoms with E-state index in [1.807, 2.05) is 25.1 Å². The zero-order chi connectivity index (χ0) is 14.0. The molecule has 2 aromatic rings. The molecule has 2 aromatic carbocycles. The van der Waals surface area contributed by atoms with Crippen molar-refractivity contribution in [3.8, 4) is 11.5 Å². The monoisotopic (exact) mass is 360 g/mol. The molecule has 0 fully saturated rings. The first-order chi connectivity index (χ1) is 8.86. The van der Waals surface area contributed by atoms with Gasteiger partial charge in [0.1, 0.15) is 11.5 Å². The predicted octanol–water partition coefficient (Wildman–Crippen LogP) is 4.48. The topological polar surface area (TPSA) is 43.4 Å². The number of rotatable bonds is 3. The molecule has 0 N–H and O–H groups in total. The van der Waals surface area contributed by atoms with E-state index in [-0.39, 0.29) is 4.90 Å². The fourth-order valence-electron chi connectivity index (χ4n) is 1.48. The van der Waals surface area contributed by atoms with Crippen LogP contribution >= 0.6 is 26.6 Å². The molecule has 0 saturated heterocycles. The summed E-state index contributed by atoms with van der Waals surface area (Å²) in [5.41, 5.74) is 0.984. The van der Waals surface area contributed by atoms with E-state index in [1.54, 1.807) is 12.1 Å². The van der Waals surface area contributed by atoms with Gasteiger partial charge < -0.3 is 4.74 Å². The molecule has 0 amide bonds. The summed E-state index contributed by atoms with van der Waals surface area (Å²) in [6, 6.07) is 11.6. The highest BCUT2D eigenvalue weighted by atomic mass is 79.9. The Balaban J connectivity index is 2.27. The zero-order valence-corrected chi connectivity index (χ0v) is 13.1. The lowest BCUT2D eigenvalue weighted by Crippen LogP contribution is -1.91. The van der Waals surface area contributed by atoms with Crippen LogP contribution in [0, 0.1) is 6.92 Å². The Labute approximate surface area is 124 Å². The summed E-state index contributed by atoms with van der Waals surface area (Å²) in [5.74, 6) is 1.25. The highest BCUT2D eigenvalue weighted by Crippen LogP contribution is 2.29. The van der Waals surface area contributed by atoms with Gasteiger partial charge in [0.15, 0.2) is 0 Å². The molecule has 6 heteroatoms. The van der Waals surface area contributed by atoms with Gasteiger partial charge in [-0.05, 0) is 48.9 Å². The fraction of sp³-hybridized carbons (Fsp3) is 0.0769. The molecule has 0 unspecified atom stereocenters. The predicted molar refractivity (Wildman–Crippen MR) is 78.4 cm³/mol. The van der Waals surface area contributed by atoms with E-state index in [0.717, 1.165) is 10.0 Å². The molecule has 19 heavy (non-hydrogen) atoms. The third-order valence-electron chi connectivity index (χ3n) is 2.48. The zero-order valence-electron chi connectivity index (χ0n) is 9.93. The van der Waals surface area contributed by atoms with Crippen LogP contribution in [0.4, 0.5) is 0 Å². The summed E-state index contributed by atoms with van der Waals surface area (Å²) in [7, 11) is 1.54. The summed E-state index contributed by atoms with van der Waals surface area (Å²) in [4.78, 5) is 0.0486. The fourth-order valence-corrected chi connectivity index (χ4v) is 2.59. The van der Waals surface area contributed by atoms with Crippen molar-refractivity contribution >= 4 is 35.7 Å². The average molecular weight is 362 g/mol. The second kappa shape index (κ2) is 5.53. The molecule has 0 saturated carbocycles. The first-order valence-electron chi connectivity index (χ1n) is 5.35. The van der Waals surface area contributed by atoms with Crippen molar-refractivity contribution in [2.45, 2.75) is 11.8 Å². The number of hydrogen-bond donors (Lipinski definition) is 0. The van der Waals surface area contributed by atoms with Gasteiger partial charge in [0, 0.05) is 15.2 Å². The Morgan fingerprint density at radius 2 is 1.74 bits per heavy atom. The van der Waals surface area contributed by atoms with Crippen LogP contribution in [0.15, 0.2) is 51.8 Å². The first-order valence-corrected chi connectivity index (χ1v) is 8.45. The standard InChI is InChI=1S/C13H10BrClO3S/c1-9-2-3-10(14)8-13(9)18-11-4-6-12(7-5-11)19(15,16)17/h2-8H,1H3. The van der Waals surface area contributed by atoms with Crippen molar-refractivity contribution < 1.29 is 13.2 Å². The Bertz CT molecular complexity index is 696. The lowest BCUT2D eigenvalue weighted by atomic mass is 10.2. The van der Waals surface area contributed by atoms with Crippen molar-refractivity contribution in [3.05, 3.63) is 52.5 Å². The summed E-state index contributed by atoms with van der Waals surface area (Å²) in [5, 5.41) is 0. The molecule has 2 rings (SSSR count). The minimum absolute atomic E-state index is 0.0486. The molecule has 0 atom stereocenters. The largest absolute Gasteiger partial charge is 0.457 e. The third kappa shape index (κ3) is 3.72. The summed E-state index contributed by atoms with van der Waals surface area (Å²) >= 11 is 3.37. The quantitative estimate of drug-likeness (QED) is 0.757. The molecule has 0 aromatic heterocycles. The van der Waals surface area contributed by atoms with E-state index in [0.29, 0.717) is 11.5 Å². The van der Waals surface area contributed by atoms with Crippen molar-refractivity contribution in [2.24, 2.45) is 0 Å². The Morgan fingerprint density at radius 3 is 2.32 bits per heavy atom. The highest BCUT2D eigenvalue weighted by molar-refractivity contribution is 9.10. The van der Waals surface area contributed by atoms with Crippen molar-refractivity contribution in [1.82, 2.24) is 0 Å². The number of benzene rings is 2. The average Bonchev–Trinajstić information content (AvgIpc) is 2.33. The second-order valence-corrected chi connectivity index (χ2v) is 7.40. The van der Waals surface area contributed by atoms with Gasteiger partial charge >= 0.3 is 0 Å². The van der Waals surface area contributed by atoms with Crippen LogP contribution in [-0.2, 0) is 9.05 Å². The minimum Gasteiger partial charge on any atom is -0.457 e. The molecule has 3 nitrogen and oxygen atoms in total. The lowest BCUT2D eigenvalue weighted by Gasteiger charge is -2.09. The summed E-state index contributed by atoms with van der Waals surface area (Å²) < 4.78 is 28.8. The third-order valence-corrected chi connectivity index (χ3v) is 4.35. The smallest absolute Gasteiger partial charge is 0.261 e. The van der Waals surface area contributed by atoms with Gasteiger partial charge in [0.2, 0.25) is 0 Å². The first kappa shape index (κ1) is 14.4. The Hall–Kier alpha value is -1.04. The van der Waals surface area contributed by atoms with Crippen LogP contribution in [0.1, 0.15) is 5.56 Å². The SMILES string of the molecule is Cc1ccc(Br)cc1Oc1ccc(S(=O)(=O)Cl)cc1. The van der Waals surface area contributed by atoms with Crippen LogP contribution < -0.4 is 4.74 Å². The van der Waals surface area contributed by atoms with Gasteiger partial charge in [-0.1, -0.05) is 22.0 Å². The van der Waals surface area contributed by atoms with Crippen LogP contribution in [0.3, 0.4) is 0 Å². The van der Waals surface area contributed by atoms with Crippen molar-refractivity contribution in [1.29, 1.82) is 0 Å². The molecule has 0 spiro atoms. The lowest BCUT2D eigenvalue weighted by molar-refractivity contribution is 0.478.